The Kier molecular flexibility index (Phi) is 9.14. The Bertz CT molecular complexity index is 1530. The minimum atomic E-state index is -5.90. The Morgan fingerprint density at radius 3 is 0.956 bits per heavy atom. The molecule has 0 fully saturated rings. The van der Waals surface area contributed by atoms with Gasteiger partial charge in [0, 0.05) is 31.2 Å². The summed E-state index contributed by atoms with van der Waals surface area (Å²) in [5.41, 5.74) is -5.77. The number of benzene rings is 4. The highest BCUT2D eigenvalue weighted by Gasteiger charge is 2.73. The quantitative estimate of drug-likeness (QED) is 0.146. The topological polar surface area (TPSA) is 9.23 Å². The van der Waals surface area contributed by atoms with Crippen LogP contribution in [0.15, 0.2) is 106 Å². The molecule has 0 aliphatic rings. The van der Waals surface area contributed by atoms with Crippen molar-refractivity contribution in [3.05, 3.63) is 128 Å². The Balaban J connectivity index is 1.53. The maximum absolute atomic E-state index is 14.8. The van der Waals surface area contributed by atoms with Gasteiger partial charge >= 0.3 is 35.5 Å². The van der Waals surface area contributed by atoms with Gasteiger partial charge in [0.15, 0.2) is 0 Å². The Hall–Kier alpha value is -3.20. The fourth-order valence-corrected chi connectivity index (χ4v) is 4.89. The van der Waals surface area contributed by atoms with Crippen molar-refractivity contribution >= 4 is 31.9 Å². The van der Waals surface area contributed by atoms with Gasteiger partial charge in [-0.3, -0.25) is 0 Å². The summed E-state index contributed by atoms with van der Waals surface area (Å²) in [6.07, 6.45) is 0. The number of ether oxygens (including phenoxy) is 1. The maximum atomic E-state index is 14.8. The second kappa shape index (κ2) is 11.9. The number of rotatable bonds is 10. The number of hydrogen-bond acceptors (Lipinski definition) is 1. The van der Waals surface area contributed by atoms with E-state index in [1.54, 1.807) is 0 Å². The highest BCUT2D eigenvalue weighted by atomic mass is 79.9. The van der Waals surface area contributed by atoms with E-state index < -0.39 is 57.8 Å². The zero-order chi connectivity index (χ0) is 33.6. The summed E-state index contributed by atoms with van der Waals surface area (Å²) in [6, 6.07) is 10.9. The normalized spacial score (nSPS) is 13.6. The van der Waals surface area contributed by atoms with Gasteiger partial charge in [-0.1, -0.05) is 56.1 Å². The van der Waals surface area contributed by atoms with Gasteiger partial charge < -0.3 is 4.74 Å². The molecule has 0 aromatic heterocycles. The van der Waals surface area contributed by atoms with E-state index in [1.807, 2.05) is 0 Å². The molecule has 1 nitrogen and oxygen atoms in total. The van der Waals surface area contributed by atoms with Crippen LogP contribution in [-0.4, -0.2) is 11.8 Å². The third kappa shape index (κ3) is 6.05. The first-order valence-corrected chi connectivity index (χ1v) is 13.9. The van der Waals surface area contributed by atoms with Crippen molar-refractivity contribution in [1.82, 2.24) is 0 Å². The van der Waals surface area contributed by atoms with Crippen molar-refractivity contribution in [3.63, 3.8) is 0 Å². The lowest BCUT2D eigenvalue weighted by atomic mass is 9.92. The van der Waals surface area contributed by atoms with E-state index in [0.717, 1.165) is 12.1 Å². The fraction of sp³-hybridized carbons (Fsp3) is 0.200. The van der Waals surface area contributed by atoms with Crippen LogP contribution >= 0.6 is 31.9 Å². The van der Waals surface area contributed by atoms with E-state index in [-0.39, 0.29) is 20.4 Å². The lowest BCUT2D eigenvalue weighted by molar-refractivity contribution is -0.321. The van der Waals surface area contributed by atoms with Gasteiger partial charge in [-0.05, 0) is 72.8 Å². The molecular formula is C30H16Br2F12O. The van der Waals surface area contributed by atoms with E-state index in [1.165, 1.54) is 12.1 Å². The largest absolute Gasteiger partial charge is 0.457 e. The van der Waals surface area contributed by atoms with Crippen LogP contribution < -0.4 is 4.74 Å². The summed E-state index contributed by atoms with van der Waals surface area (Å²) in [5.74, 6) is -34.0. The first kappa shape index (κ1) is 34.7. The van der Waals surface area contributed by atoms with Crippen molar-refractivity contribution in [1.29, 1.82) is 0 Å². The summed E-state index contributed by atoms with van der Waals surface area (Å²) in [7, 11) is 0. The van der Waals surface area contributed by atoms with Crippen LogP contribution in [0, 0.1) is 0 Å². The molecule has 0 aliphatic carbocycles. The summed E-state index contributed by atoms with van der Waals surface area (Å²) < 4.78 is 181. The van der Waals surface area contributed by atoms with E-state index >= 15 is 0 Å². The molecule has 15 heteroatoms. The fourth-order valence-electron chi connectivity index (χ4n) is 4.09. The zero-order valence-corrected chi connectivity index (χ0v) is 25.1. The first-order valence-electron chi connectivity index (χ1n) is 12.3. The van der Waals surface area contributed by atoms with Crippen LogP contribution in [0.1, 0.15) is 22.3 Å². The van der Waals surface area contributed by atoms with Crippen LogP contribution in [0.25, 0.3) is 0 Å². The lowest BCUT2D eigenvalue weighted by Crippen LogP contribution is -2.50. The van der Waals surface area contributed by atoms with Crippen LogP contribution in [0.3, 0.4) is 0 Å². The summed E-state index contributed by atoms with van der Waals surface area (Å²) in [6.45, 7) is 0. The van der Waals surface area contributed by atoms with Gasteiger partial charge in [0.05, 0.1) is 0 Å². The van der Waals surface area contributed by atoms with Crippen molar-refractivity contribution in [2.24, 2.45) is 0 Å². The van der Waals surface area contributed by atoms with Crippen molar-refractivity contribution in [2.75, 3.05) is 0 Å². The second-order valence-corrected chi connectivity index (χ2v) is 11.4. The Morgan fingerprint density at radius 2 is 0.667 bits per heavy atom. The van der Waals surface area contributed by atoms with Crippen LogP contribution in [0.4, 0.5) is 52.7 Å². The Labute approximate surface area is 264 Å². The predicted octanol–water partition coefficient (Wildman–Crippen LogP) is 12.0. The Morgan fingerprint density at radius 1 is 0.378 bits per heavy atom. The third-order valence-electron chi connectivity index (χ3n) is 6.62. The molecule has 0 unspecified atom stereocenters. The van der Waals surface area contributed by atoms with Gasteiger partial charge in [0.2, 0.25) is 0 Å². The van der Waals surface area contributed by atoms with E-state index in [4.69, 9.17) is 4.74 Å². The van der Waals surface area contributed by atoms with Gasteiger partial charge in [-0.15, -0.1) is 0 Å². The lowest BCUT2D eigenvalue weighted by Gasteiger charge is -2.33. The molecule has 4 aromatic carbocycles. The van der Waals surface area contributed by atoms with E-state index in [0.29, 0.717) is 72.8 Å². The molecule has 45 heavy (non-hydrogen) atoms. The molecule has 0 bridgehead atoms. The van der Waals surface area contributed by atoms with Gasteiger partial charge in [0.1, 0.15) is 11.5 Å². The van der Waals surface area contributed by atoms with Crippen LogP contribution in [-0.2, 0) is 23.7 Å². The van der Waals surface area contributed by atoms with Gasteiger partial charge in [-0.25, -0.2) is 0 Å². The second-order valence-electron chi connectivity index (χ2n) is 9.62. The van der Waals surface area contributed by atoms with Crippen LogP contribution in [0.2, 0.25) is 0 Å². The average Bonchev–Trinajstić information content (AvgIpc) is 2.97. The maximum Gasteiger partial charge on any atom is 0.380 e. The standard InChI is InChI=1S/C30H16Br2F12O/c31-21-5-1-3-19(15-21)27(37,38)29(41,42)25(33,34)17-7-11-23(12-8-17)45-24-13-9-18(10-14-24)26(35,36)30(43,44)28(39,40)20-4-2-6-22(32)16-20/h1-16H. The number of hydrogen-bond donors (Lipinski definition) is 0. The minimum absolute atomic E-state index is 0.0516. The molecule has 0 heterocycles. The smallest absolute Gasteiger partial charge is 0.380 e. The minimum Gasteiger partial charge on any atom is -0.457 e. The molecule has 0 radical (unpaired) electrons. The molecule has 0 aliphatic heterocycles. The molecule has 0 saturated heterocycles. The summed E-state index contributed by atoms with van der Waals surface area (Å²) >= 11 is 5.62. The number of halogens is 14. The molecule has 4 aromatic rings. The SMILES string of the molecule is FC(F)(c1ccc(Oc2ccc(C(F)(F)C(F)(F)C(F)(F)c3cccc(Br)c3)cc2)cc1)C(F)(F)C(F)(F)c1cccc(Br)c1. The van der Waals surface area contributed by atoms with Crippen LogP contribution in [0.5, 0.6) is 11.5 Å². The summed E-state index contributed by atoms with van der Waals surface area (Å²) in [4.78, 5) is 0. The monoisotopic (exact) mass is 778 g/mol. The predicted molar refractivity (Wildman–Crippen MR) is 147 cm³/mol. The average molecular weight is 780 g/mol. The molecule has 0 amide bonds. The molecule has 4 rings (SSSR count). The first-order chi connectivity index (χ1) is 20.7. The van der Waals surface area contributed by atoms with Gasteiger partial charge in [-0.2, -0.15) is 52.7 Å². The van der Waals surface area contributed by atoms with Crippen molar-refractivity contribution in [2.45, 2.75) is 35.5 Å². The highest BCUT2D eigenvalue weighted by molar-refractivity contribution is 9.10. The van der Waals surface area contributed by atoms with Crippen molar-refractivity contribution in [3.8, 4) is 11.5 Å². The van der Waals surface area contributed by atoms with E-state index in [9.17, 15) is 52.7 Å². The molecule has 0 spiro atoms. The van der Waals surface area contributed by atoms with Crippen molar-refractivity contribution < 1.29 is 57.4 Å². The number of alkyl halides is 12. The van der Waals surface area contributed by atoms with E-state index in [2.05, 4.69) is 31.9 Å². The highest BCUT2D eigenvalue weighted by Crippen LogP contribution is 2.57. The third-order valence-corrected chi connectivity index (χ3v) is 7.61. The zero-order valence-electron chi connectivity index (χ0n) is 21.9. The molecule has 0 saturated carbocycles. The summed E-state index contributed by atoms with van der Waals surface area (Å²) in [5, 5.41) is 0. The molecule has 0 N–H and O–H groups in total. The van der Waals surface area contributed by atoms with Gasteiger partial charge in [0.25, 0.3) is 0 Å². The molecular weight excluding hydrogens is 764 g/mol. The molecule has 0 atom stereocenters. The molecule has 240 valence electrons.